The van der Waals surface area contributed by atoms with Crippen molar-refractivity contribution in [3.05, 3.63) is 390 Å². The van der Waals surface area contributed by atoms with Crippen molar-refractivity contribution in [3.63, 3.8) is 0 Å². The highest BCUT2D eigenvalue weighted by atomic mass is 16.3. The zero-order valence-electron chi connectivity index (χ0n) is 86.0. The lowest BCUT2D eigenvalue weighted by Gasteiger charge is -2.33. The van der Waals surface area contributed by atoms with Crippen LogP contribution < -0.4 is 4.90 Å². The van der Waals surface area contributed by atoms with Crippen molar-refractivity contribution in [1.29, 1.82) is 0 Å². The van der Waals surface area contributed by atoms with Crippen molar-refractivity contribution < 1.29 is 4.42 Å². The fraction of sp³-hybridized carbons (Fsp3) is 0.291. The van der Waals surface area contributed by atoms with Crippen LogP contribution in [-0.2, 0) is 21.7 Å². The van der Waals surface area contributed by atoms with Gasteiger partial charge in [-0.2, -0.15) is 0 Å². The third-order valence-corrected chi connectivity index (χ3v) is 34.6. The van der Waals surface area contributed by atoms with Crippen LogP contribution >= 0.6 is 0 Å². The number of aryl methyl sites for hydroxylation is 1. The summed E-state index contributed by atoms with van der Waals surface area (Å²) in [6.45, 7) is 21.4. The Morgan fingerprint density at radius 1 is 0.210 bits per heavy atom. The Balaban J connectivity index is 0.511. The Hall–Kier alpha value is -13.4. The first-order valence-corrected chi connectivity index (χ1v) is 55.1. The van der Waals surface area contributed by atoms with E-state index in [2.05, 4.69) is 407 Å². The molecule has 4 aliphatic rings. The number of benzene rings is 18. The second kappa shape index (κ2) is 39.4. The molecule has 2 nitrogen and oxygen atoms in total. The van der Waals surface area contributed by atoms with E-state index < -0.39 is 0 Å². The highest BCUT2D eigenvalue weighted by Crippen LogP contribution is 2.60. The third-order valence-electron chi connectivity index (χ3n) is 34.6. The van der Waals surface area contributed by atoms with E-state index in [1.807, 2.05) is 0 Å². The molecule has 0 N–H and O–H groups in total. The standard InChI is InChI=1S/C141H139NO/c1-10-14-18-22-26-34-80-140(81-35-27-23-19-15-11-2)125-46-32-30-44-114(125)120-74-60-109(92-131(120)140)107-58-72-118-116-70-56-105(88-127(116)138(6,7)129(118)90-107)102-43-39-42-101(85-102)100-41-38-40-99(84-100)95-50-65-111(66-51-95)142(133-77-62-98-54-69-113-94(5)48-49-97-55-76-122(133)137(98)136(97)113)112-67-52-96(53-68-112)103-63-78-134-123(86-103)124-87-104(64-79-135(124)143-134)106-57-71-117-119-73-59-108(91-130(119)139(8,9)128(117)89-106)110-61-75-121-115-45-31-33-47-126(115)141(132(121)93-110,82-36-28-24-20-16-12-3)83-37-29-25-21-17-13-4/h30-33,38-79,84-93H,10-29,34-37,80-83H2,1-9H3. The summed E-state index contributed by atoms with van der Waals surface area (Å²) in [6.07, 6.45) is 36.6. The van der Waals surface area contributed by atoms with Gasteiger partial charge in [0, 0.05) is 49.2 Å². The lowest BCUT2D eigenvalue weighted by atomic mass is 9.70. The summed E-state index contributed by atoms with van der Waals surface area (Å²) in [7, 11) is 0. The normalized spacial score (nSPS) is 14.1. The summed E-state index contributed by atoms with van der Waals surface area (Å²) in [5, 5.41) is 9.90. The number of anilines is 3. The smallest absolute Gasteiger partial charge is 0.135 e. The van der Waals surface area contributed by atoms with Gasteiger partial charge in [-0.25, -0.2) is 0 Å². The summed E-state index contributed by atoms with van der Waals surface area (Å²) >= 11 is 0. The Kier molecular flexibility index (Phi) is 25.7. The maximum Gasteiger partial charge on any atom is 0.135 e. The maximum absolute atomic E-state index is 6.73. The van der Waals surface area contributed by atoms with Crippen LogP contribution in [0.15, 0.2) is 344 Å². The molecule has 0 atom stereocenters. The van der Waals surface area contributed by atoms with E-state index in [-0.39, 0.29) is 21.7 Å². The topological polar surface area (TPSA) is 16.4 Å². The molecule has 18 aromatic carbocycles. The molecular formula is C141H139NO. The molecule has 0 saturated carbocycles. The molecule has 0 unspecified atom stereocenters. The van der Waals surface area contributed by atoms with E-state index in [9.17, 15) is 0 Å². The van der Waals surface area contributed by atoms with Gasteiger partial charge in [-0.1, -0.05) is 446 Å². The first-order valence-electron chi connectivity index (χ1n) is 55.1. The lowest BCUT2D eigenvalue weighted by molar-refractivity contribution is 0.398. The number of furan rings is 1. The predicted molar refractivity (Wildman–Crippen MR) is 614 cm³/mol. The lowest BCUT2D eigenvalue weighted by Crippen LogP contribution is -2.25. The number of hydrogen-bond donors (Lipinski definition) is 0. The molecular weight excluding hydrogens is 1720 g/mol. The molecule has 0 fully saturated rings. The number of fused-ring (bicyclic) bond motifs is 15. The van der Waals surface area contributed by atoms with Crippen molar-refractivity contribution in [1.82, 2.24) is 0 Å². The third kappa shape index (κ3) is 17.0. The summed E-state index contributed by atoms with van der Waals surface area (Å²) in [4.78, 5) is 2.48. The van der Waals surface area contributed by atoms with Crippen molar-refractivity contribution in [3.8, 4) is 122 Å². The zero-order chi connectivity index (χ0) is 97.1. The monoisotopic (exact) mass is 1860 g/mol. The highest BCUT2D eigenvalue weighted by molar-refractivity contribution is 6.26. The van der Waals surface area contributed by atoms with Gasteiger partial charge in [-0.15, -0.1) is 0 Å². The SMILES string of the molecule is CCCCCCCCC1(CCCCCCCC)c2ccccc2-c2ccc(-c3ccc4c(c3)C(C)(C)c3cc(-c5cccc(-c6cccc(-c7ccc(N(c8ccc(-c9ccc%10oc%11ccc(-c%12ccc%13c(c%12)C(C)(C)c%12cc(-c%14ccc%15c(c%14)C(CCCCCCCC)(CCCCCCCC)c%14ccccc%14-%15)ccc%12-%13)cc%11c%10c9)cc8)c8ccc9ccc%10c(C)ccc%11ccc8c9c%11%10)cc7)c6)c5)ccc3-4)cc21. The molecule has 0 saturated heterocycles. The first-order chi connectivity index (χ1) is 70.1. The van der Waals surface area contributed by atoms with Crippen LogP contribution in [0.3, 0.4) is 0 Å². The van der Waals surface area contributed by atoms with E-state index in [1.165, 1.54) is 351 Å². The van der Waals surface area contributed by atoms with E-state index in [0.29, 0.717) is 0 Å². The highest BCUT2D eigenvalue weighted by Gasteiger charge is 2.46. The molecule has 714 valence electrons. The molecule has 2 heteroatoms. The summed E-state index contributed by atoms with van der Waals surface area (Å²) in [5.41, 5.74) is 46.3. The number of hydrogen-bond acceptors (Lipinski definition) is 2. The van der Waals surface area contributed by atoms with Crippen LogP contribution in [0.1, 0.15) is 285 Å². The van der Waals surface area contributed by atoms with Gasteiger partial charge in [-0.3, -0.25) is 0 Å². The van der Waals surface area contributed by atoms with Crippen LogP contribution in [0.2, 0.25) is 0 Å². The number of nitrogens with zero attached hydrogens (tertiary/aromatic N) is 1. The average Bonchev–Trinajstić information content (AvgIpc) is 1.40. The van der Waals surface area contributed by atoms with E-state index in [1.54, 1.807) is 22.3 Å². The van der Waals surface area contributed by atoms with Crippen molar-refractivity contribution in [2.75, 3.05) is 4.90 Å². The predicted octanol–water partition coefficient (Wildman–Crippen LogP) is 42.1. The minimum atomic E-state index is -0.214. The molecule has 23 rings (SSSR count). The van der Waals surface area contributed by atoms with Gasteiger partial charge in [0.25, 0.3) is 0 Å². The fourth-order valence-electron chi connectivity index (χ4n) is 26.7. The average molecular weight is 1860 g/mol. The Morgan fingerprint density at radius 3 is 0.874 bits per heavy atom. The van der Waals surface area contributed by atoms with Crippen LogP contribution in [0, 0.1) is 6.92 Å². The summed E-state index contributed by atoms with van der Waals surface area (Å²) in [6, 6.07) is 132. The van der Waals surface area contributed by atoms with Crippen molar-refractivity contribution >= 4 is 71.3 Å². The van der Waals surface area contributed by atoms with Crippen LogP contribution in [0.25, 0.3) is 177 Å². The molecule has 4 aliphatic carbocycles. The van der Waals surface area contributed by atoms with E-state index in [4.69, 9.17) is 4.42 Å². The molecule has 0 radical (unpaired) electrons. The van der Waals surface area contributed by atoms with E-state index in [0.717, 1.165) is 50.1 Å². The fourth-order valence-corrected chi connectivity index (χ4v) is 26.7. The first kappa shape index (κ1) is 93.3. The van der Waals surface area contributed by atoms with Gasteiger partial charge in [0.05, 0.1) is 5.69 Å². The molecule has 0 amide bonds. The molecule has 1 heterocycles. The maximum atomic E-state index is 6.73. The van der Waals surface area contributed by atoms with Gasteiger partial charge < -0.3 is 9.32 Å². The summed E-state index contributed by atoms with van der Waals surface area (Å²) in [5.74, 6) is 0. The minimum absolute atomic E-state index is 0.0365. The number of unbranched alkanes of at least 4 members (excludes halogenated alkanes) is 20. The second-order valence-electron chi connectivity index (χ2n) is 44.1. The Bertz CT molecular complexity index is 7940. The minimum Gasteiger partial charge on any atom is -0.456 e. The quantitative estimate of drug-likeness (QED) is 0.0283. The van der Waals surface area contributed by atoms with Gasteiger partial charge in [-0.05, 0) is 335 Å². The van der Waals surface area contributed by atoms with Gasteiger partial charge in [0.2, 0.25) is 0 Å². The second-order valence-corrected chi connectivity index (χ2v) is 44.1. The van der Waals surface area contributed by atoms with Gasteiger partial charge in [0.15, 0.2) is 0 Å². The largest absolute Gasteiger partial charge is 0.456 e. The molecule has 19 aromatic rings. The number of rotatable bonds is 38. The van der Waals surface area contributed by atoms with Crippen LogP contribution in [0.4, 0.5) is 17.1 Å². The van der Waals surface area contributed by atoms with Crippen molar-refractivity contribution in [2.45, 2.75) is 264 Å². The molecule has 0 aliphatic heterocycles. The summed E-state index contributed by atoms with van der Waals surface area (Å²) < 4.78 is 6.73. The molecule has 0 spiro atoms. The molecule has 143 heavy (non-hydrogen) atoms. The van der Waals surface area contributed by atoms with Crippen LogP contribution in [0.5, 0.6) is 0 Å². The van der Waals surface area contributed by atoms with E-state index >= 15 is 0 Å². The van der Waals surface area contributed by atoms with Crippen LogP contribution in [-0.4, -0.2) is 0 Å². The van der Waals surface area contributed by atoms with Crippen molar-refractivity contribution in [2.24, 2.45) is 0 Å². The van der Waals surface area contributed by atoms with Gasteiger partial charge in [0.1, 0.15) is 11.2 Å². The Labute approximate surface area is 850 Å². The van der Waals surface area contributed by atoms with Gasteiger partial charge >= 0.3 is 0 Å². The molecule has 1 aromatic heterocycles. The molecule has 0 bridgehead atoms. The zero-order valence-corrected chi connectivity index (χ0v) is 86.0. The Morgan fingerprint density at radius 2 is 0.490 bits per heavy atom.